The highest BCUT2D eigenvalue weighted by Gasteiger charge is 2.36. The standard InChI is InChI=1S/C11H21N3O/c1-12-7-11(5-2-6-11)8-13-10(15)14-9-3-4-9/h9,12H,2-8H2,1H3,(H2,13,14,15). The second-order valence-electron chi connectivity index (χ2n) is 4.99. The first-order valence-corrected chi connectivity index (χ1v) is 5.93. The van der Waals surface area contributed by atoms with Crippen LogP contribution in [0, 0.1) is 5.41 Å². The van der Waals surface area contributed by atoms with Gasteiger partial charge in [0.05, 0.1) is 0 Å². The average Bonchev–Trinajstić information content (AvgIpc) is 2.93. The molecule has 2 amide bonds. The zero-order valence-electron chi connectivity index (χ0n) is 9.44. The van der Waals surface area contributed by atoms with E-state index in [1.54, 1.807) is 0 Å². The number of amides is 2. The molecule has 2 aliphatic carbocycles. The van der Waals surface area contributed by atoms with Crippen LogP contribution in [-0.4, -0.2) is 32.2 Å². The Morgan fingerprint density at radius 1 is 1.33 bits per heavy atom. The maximum absolute atomic E-state index is 11.4. The van der Waals surface area contributed by atoms with Gasteiger partial charge in [-0.25, -0.2) is 4.79 Å². The average molecular weight is 211 g/mol. The van der Waals surface area contributed by atoms with Crippen LogP contribution in [-0.2, 0) is 0 Å². The number of carbonyl (C=O) groups excluding carboxylic acids is 1. The molecule has 86 valence electrons. The molecule has 0 bridgehead atoms. The van der Waals surface area contributed by atoms with Crippen molar-refractivity contribution < 1.29 is 4.79 Å². The van der Waals surface area contributed by atoms with E-state index in [4.69, 9.17) is 0 Å². The summed E-state index contributed by atoms with van der Waals surface area (Å²) < 4.78 is 0. The molecule has 0 aliphatic heterocycles. The first kappa shape index (κ1) is 10.7. The first-order valence-electron chi connectivity index (χ1n) is 5.93. The summed E-state index contributed by atoms with van der Waals surface area (Å²) >= 11 is 0. The molecule has 3 N–H and O–H groups in total. The van der Waals surface area contributed by atoms with Crippen LogP contribution in [0.4, 0.5) is 4.79 Å². The molecule has 0 atom stereocenters. The van der Waals surface area contributed by atoms with Gasteiger partial charge in [-0.05, 0) is 32.7 Å². The van der Waals surface area contributed by atoms with Crippen molar-refractivity contribution in [1.29, 1.82) is 0 Å². The lowest BCUT2D eigenvalue weighted by atomic mass is 9.68. The van der Waals surface area contributed by atoms with E-state index in [2.05, 4.69) is 16.0 Å². The molecule has 0 heterocycles. The molecule has 2 aliphatic rings. The van der Waals surface area contributed by atoms with Crippen LogP contribution in [0.15, 0.2) is 0 Å². The van der Waals surface area contributed by atoms with Gasteiger partial charge < -0.3 is 16.0 Å². The number of hydrogen-bond donors (Lipinski definition) is 3. The second kappa shape index (κ2) is 4.39. The van der Waals surface area contributed by atoms with Gasteiger partial charge in [0.15, 0.2) is 0 Å². The fourth-order valence-electron chi connectivity index (χ4n) is 2.20. The van der Waals surface area contributed by atoms with E-state index in [-0.39, 0.29) is 6.03 Å². The summed E-state index contributed by atoms with van der Waals surface area (Å²) in [5, 5.41) is 9.15. The first-order chi connectivity index (χ1) is 7.24. The molecule has 0 radical (unpaired) electrons. The number of hydrogen-bond acceptors (Lipinski definition) is 2. The van der Waals surface area contributed by atoms with Gasteiger partial charge in [-0.1, -0.05) is 6.42 Å². The maximum Gasteiger partial charge on any atom is 0.315 e. The monoisotopic (exact) mass is 211 g/mol. The van der Waals surface area contributed by atoms with Crippen molar-refractivity contribution in [2.75, 3.05) is 20.1 Å². The third-order valence-corrected chi connectivity index (χ3v) is 3.50. The van der Waals surface area contributed by atoms with E-state index in [1.165, 1.54) is 19.3 Å². The lowest BCUT2D eigenvalue weighted by Gasteiger charge is -2.42. The van der Waals surface area contributed by atoms with E-state index in [0.717, 1.165) is 25.9 Å². The van der Waals surface area contributed by atoms with Crippen LogP contribution in [0.1, 0.15) is 32.1 Å². The van der Waals surface area contributed by atoms with E-state index in [0.29, 0.717) is 11.5 Å². The van der Waals surface area contributed by atoms with Gasteiger partial charge in [-0.3, -0.25) is 0 Å². The van der Waals surface area contributed by atoms with Crippen molar-refractivity contribution in [1.82, 2.24) is 16.0 Å². The van der Waals surface area contributed by atoms with Crippen molar-refractivity contribution in [2.24, 2.45) is 5.41 Å². The smallest absolute Gasteiger partial charge is 0.315 e. The summed E-state index contributed by atoms with van der Waals surface area (Å²) in [5.74, 6) is 0. The molecule has 4 heteroatoms. The Morgan fingerprint density at radius 3 is 2.53 bits per heavy atom. The predicted molar refractivity (Wildman–Crippen MR) is 59.8 cm³/mol. The fraction of sp³-hybridized carbons (Fsp3) is 0.909. The third kappa shape index (κ3) is 2.84. The summed E-state index contributed by atoms with van der Waals surface area (Å²) in [6.07, 6.45) is 6.06. The molecule has 0 saturated heterocycles. The minimum atomic E-state index is 0.0138. The summed E-state index contributed by atoms with van der Waals surface area (Å²) in [5.41, 5.74) is 0.329. The van der Waals surface area contributed by atoms with Crippen molar-refractivity contribution in [2.45, 2.75) is 38.1 Å². The van der Waals surface area contributed by atoms with Crippen molar-refractivity contribution in [3.8, 4) is 0 Å². The largest absolute Gasteiger partial charge is 0.338 e. The van der Waals surface area contributed by atoms with E-state index < -0.39 is 0 Å². The van der Waals surface area contributed by atoms with Gasteiger partial charge in [-0.2, -0.15) is 0 Å². The minimum Gasteiger partial charge on any atom is -0.338 e. The van der Waals surface area contributed by atoms with E-state index in [1.807, 2.05) is 7.05 Å². The van der Waals surface area contributed by atoms with Crippen LogP contribution in [0.3, 0.4) is 0 Å². The van der Waals surface area contributed by atoms with Gasteiger partial charge >= 0.3 is 6.03 Å². The van der Waals surface area contributed by atoms with E-state index in [9.17, 15) is 4.79 Å². The van der Waals surface area contributed by atoms with Crippen LogP contribution in [0.25, 0.3) is 0 Å². The molecular weight excluding hydrogens is 190 g/mol. The molecule has 15 heavy (non-hydrogen) atoms. The third-order valence-electron chi connectivity index (χ3n) is 3.50. The second-order valence-corrected chi connectivity index (χ2v) is 4.99. The molecule has 0 aromatic heterocycles. The van der Waals surface area contributed by atoms with Gasteiger partial charge in [-0.15, -0.1) is 0 Å². The molecular formula is C11H21N3O. The van der Waals surface area contributed by atoms with Gasteiger partial charge in [0.1, 0.15) is 0 Å². The normalized spacial score (nSPS) is 23.0. The maximum atomic E-state index is 11.4. The summed E-state index contributed by atoms with van der Waals surface area (Å²) in [6, 6.07) is 0.464. The van der Waals surface area contributed by atoms with Crippen LogP contribution in [0.5, 0.6) is 0 Å². The van der Waals surface area contributed by atoms with Crippen LogP contribution in [0.2, 0.25) is 0 Å². The zero-order chi connectivity index (χ0) is 10.7. The molecule has 0 spiro atoms. The lowest BCUT2D eigenvalue weighted by Crippen LogP contribution is -2.50. The summed E-state index contributed by atoms with van der Waals surface area (Å²) in [4.78, 5) is 11.4. The Kier molecular flexibility index (Phi) is 3.14. The van der Waals surface area contributed by atoms with Crippen LogP contribution < -0.4 is 16.0 Å². The molecule has 2 saturated carbocycles. The molecule has 0 unspecified atom stereocenters. The number of nitrogens with one attached hydrogen (secondary N) is 3. The highest BCUT2D eigenvalue weighted by molar-refractivity contribution is 5.74. The topological polar surface area (TPSA) is 53.2 Å². The molecule has 2 fully saturated rings. The van der Waals surface area contributed by atoms with Crippen molar-refractivity contribution in [3.05, 3.63) is 0 Å². The molecule has 0 aromatic carbocycles. The number of carbonyl (C=O) groups is 1. The van der Waals surface area contributed by atoms with E-state index >= 15 is 0 Å². The fourth-order valence-corrected chi connectivity index (χ4v) is 2.20. The van der Waals surface area contributed by atoms with Gasteiger partial charge in [0.25, 0.3) is 0 Å². The quantitative estimate of drug-likeness (QED) is 0.631. The Hall–Kier alpha value is -0.770. The minimum absolute atomic E-state index is 0.0138. The van der Waals surface area contributed by atoms with Gasteiger partial charge in [0.2, 0.25) is 0 Å². The Balaban J connectivity index is 1.68. The Morgan fingerprint density at radius 2 is 2.07 bits per heavy atom. The predicted octanol–water partition coefficient (Wildman–Crippen LogP) is 0.838. The molecule has 0 aromatic rings. The zero-order valence-corrected chi connectivity index (χ0v) is 9.44. The number of rotatable bonds is 5. The lowest BCUT2D eigenvalue weighted by molar-refractivity contribution is 0.132. The highest BCUT2D eigenvalue weighted by Crippen LogP contribution is 2.39. The Labute approximate surface area is 91.2 Å². The highest BCUT2D eigenvalue weighted by atomic mass is 16.2. The summed E-state index contributed by atoms with van der Waals surface area (Å²) in [7, 11) is 1.98. The van der Waals surface area contributed by atoms with Crippen molar-refractivity contribution in [3.63, 3.8) is 0 Å². The van der Waals surface area contributed by atoms with Gasteiger partial charge in [0, 0.05) is 24.5 Å². The number of urea groups is 1. The molecule has 2 rings (SSSR count). The Bertz CT molecular complexity index is 234. The SMILES string of the molecule is CNCC1(CNC(=O)NC2CC2)CCC1. The summed E-state index contributed by atoms with van der Waals surface area (Å²) in [6.45, 7) is 1.82. The van der Waals surface area contributed by atoms with Crippen molar-refractivity contribution >= 4 is 6.03 Å². The molecule has 4 nitrogen and oxygen atoms in total. The van der Waals surface area contributed by atoms with Crippen LogP contribution >= 0.6 is 0 Å².